The van der Waals surface area contributed by atoms with Crippen molar-refractivity contribution in [2.24, 2.45) is 0 Å². The Labute approximate surface area is 83.5 Å². The van der Waals surface area contributed by atoms with E-state index < -0.39 is 0 Å². The molecule has 0 aromatic carbocycles. The van der Waals surface area contributed by atoms with Gasteiger partial charge in [-0.25, -0.2) is 0 Å². The molecule has 3 heteroatoms. The number of carbonyl (C=O) groups is 1. The second-order valence-electron chi connectivity index (χ2n) is 1.37. The molecule has 0 aromatic rings. The molecule has 0 saturated carbocycles. The second kappa shape index (κ2) is 11.9. The van der Waals surface area contributed by atoms with Crippen LogP contribution in [0.15, 0.2) is 11.8 Å². The number of carbonyl (C=O) groups excluding carboxylic acids is 1. The summed E-state index contributed by atoms with van der Waals surface area (Å²) >= 11 is 0. The predicted molar refractivity (Wildman–Crippen MR) is 43.0 cm³/mol. The largest absolute Gasteiger partial charge is 3.00 e. The van der Waals surface area contributed by atoms with Crippen LogP contribution < -0.4 is 5.11 Å². The Morgan fingerprint density at radius 2 is 1.60 bits per heavy atom. The number of rotatable bonds is 1. The smallest absolute Gasteiger partial charge is 0.876 e. The van der Waals surface area contributed by atoms with Crippen LogP contribution in [0.5, 0.6) is 0 Å². The molecular formula is C7H13O2Tl. The Morgan fingerprint density at radius 3 is 1.60 bits per heavy atom. The molecule has 56 valence electrons. The SMILES string of the molecule is CC(=O)/C=C(/C)[O-].[CH3-].[CH3-].[Tl+3]. The van der Waals surface area contributed by atoms with Crippen LogP contribution in [-0.4, -0.2) is 33.1 Å². The minimum absolute atomic E-state index is 0. The summed E-state index contributed by atoms with van der Waals surface area (Å²) in [6.07, 6.45) is 1.06. The van der Waals surface area contributed by atoms with Gasteiger partial charge in [-0.2, -0.15) is 0 Å². The second-order valence-corrected chi connectivity index (χ2v) is 1.37. The molecular weight excluding hydrogens is 320 g/mol. The van der Waals surface area contributed by atoms with E-state index in [2.05, 4.69) is 0 Å². The first-order chi connectivity index (χ1) is 3.13. The molecule has 0 bridgehead atoms. The van der Waals surface area contributed by atoms with Gasteiger partial charge in [-0.15, -0.1) is 5.76 Å². The third kappa shape index (κ3) is 24.2. The Hall–Kier alpha value is 0.132. The van der Waals surface area contributed by atoms with Gasteiger partial charge in [0.1, 0.15) is 0 Å². The summed E-state index contributed by atoms with van der Waals surface area (Å²) in [6, 6.07) is 0. The standard InChI is InChI=1S/C5H8O2.2CH3.Tl/c1-4(6)3-5(2)7;;;/h3,6H,1-2H3;2*1H3;/q;2*-1;+3/p-1/b4-3-;;;. The topological polar surface area (TPSA) is 40.1 Å². The minimum atomic E-state index is -0.187. The zero-order chi connectivity index (χ0) is 5.86. The molecule has 0 radical (unpaired) electrons. The van der Waals surface area contributed by atoms with Crippen LogP contribution in [0.3, 0.4) is 0 Å². The van der Waals surface area contributed by atoms with Crippen LogP contribution in [-0.2, 0) is 4.79 Å². The van der Waals surface area contributed by atoms with Crippen LogP contribution in [0.2, 0.25) is 0 Å². The Kier molecular flexibility index (Phi) is 26.7. The van der Waals surface area contributed by atoms with Gasteiger partial charge in [0.15, 0.2) is 5.78 Å². The van der Waals surface area contributed by atoms with Gasteiger partial charge in [0.05, 0.1) is 0 Å². The normalized spacial score (nSPS) is 8.00. The first-order valence-corrected chi connectivity index (χ1v) is 1.99. The van der Waals surface area contributed by atoms with E-state index in [-0.39, 0.29) is 53.7 Å². The van der Waals surface area contributed by atoms with Gasteiger partial charge >= 0.3 is 27.3 Å². The van der Waals surface area contributed by atoms with E-state index >= 15 is 0 Å². The molecule has 0 aliphatic heterocycles. The maximum Gasteiger partial charge on any atom is 3.00 e. The van der Waals surface area contributed by atoms with Gasteiger partial charge in [0, 0.05) is 0 Å². The molecule has 0 spiro atoms. The number of allylic oxidation sites excluding steroid dienone is 2. The maximum atomic E-state index is 9.98. The summed E-state index contributed by atoms with van der Waals surface area (Å²) in [6.45, 7) is 2.70. The number of ketones is 1. The van der Waals surface area contributed by atoms with E-state index in [0.29, 0.717) is 0 Å². The molecule has 0 rings (SSSR count). The average Bonchev–Trinajstić information content (AvgIpc) is 1.27. The van der Waals surface area contributed by atoms with Crippen molar-refractivity contribution in [3.8, 4) is 0 Å². The van der Waals surface area contributed by atoms with Crippen molar-refractivity contribution in [2.45, 2.75) is 13.8 Å². The minimum Gasteiger partial charge on any atom is -0.876 e. The maximum absolute atomic E-state index is 9.98. The zero-order valence-corrected chi connectivity index (χ0v) is 11.5. The van der Waals surface area contributed by atoms with Gasteiger partial charge in [-0.1, -0.05) is 6.92 Å². The summed E-state index contributed by atoms with van der Waals surface area (Å²) in [5, 5.41) is 9.98. The van der Waals surface area contributed by atoms with Crippen molar-refractivity contribution in [3.63, 3.8) is 0 Å². The molecule has 0 atom stereocenters. The molecule has 0 unspecified atom stereocenters. The average molecular weight is 334 g/mol. The van der Waals surface area contributed by atoms with Crippen LogP contribution in [0.4, 0.5) is 0 Å². The van der Waals surface area contributed by atoms with E-state index in [0.717, 1.165) is 6.08 Å². The summed E-state index contributed by atoms with van der Waals surface area (Å²) in [5.41, 5.74) is 0. The van der Waals surface area contributed by atoms with Gasteiger partial charge < -0.3 is 20.0 Å². The van der Waals surface area contributed by atoms with Crippen molar-refractivity contribution in [3.05, 3.63) is 26.7 Å². The van der Waals surface area contributed by atoms with Crippen molar-refractivity contribution in [1.82, 2.24) is 0 Å². The third-order valence-corrected chi connectivity index (χ3v) is 0.407. The molecule has 2 nitrogen and oxygen atoms in total. The van der Waals surface area contributed by atoms with Crippen LogP contribution in [0.25, 0.3) is 0 Å². The van der Waals surface area contributed by atoms with Gasteiger partial charge in [0.2, 0.25) is 0 Å². The number of hydrogen-bond donors (Lipinski definition) is 0. The quantitative estimate of drug-likeness (QED) is 0.301. The fourth-order valence-corrected chi connectivity index (χ4v) is 0.286. The summed E-state index contributed by atoms with van der Waals surface area (Å²) in [7, 11) is 0. The monoisotopic (exact) mass is 334 g/mol. The summed E-state index contributed by atoms with van der Waals surface area (Å²) in [4.78, 5) is 9.98. The fourth-order valence-electron chi connectivity index (χ4n) is 0.286. The molecule has 0 aliphatic rings. The van der Waals surface area contributed by atoms with Crippen LogP contribution in [0.1, 0.15) is 13.8 Å². The summed E-state index contributed by atoms with van der Waals surface area (Å²) in [5.74, 6) is -0.375. The molecule has 0 amide bonds. The van der Waals surface area contributed by atoms with Gasteiger partial charge in [-0.05, 0) is 13.0 Å². The Bertz CT molecular complexity index is 104. The Morgan fingerprint density at radius 1 is 1.30 bits per heavy atom. The molecule has 0 heterocycles. The van der Waals surface area contributed by atoms with Crippen molar-refractivity contribution >= 4 is 33.1 Å². The molecule has 0 N–H and O–H groups in total. The fraction of sp³-hybridized carbons (Fsp3) is 0.286. The van der Waals surface area contributed by atoms with Crippen molar-refractivity contribution < 1.29 is 9.90 Å². The van der Waals surface area contributed by atoms with Crippen LogP contribution >= 0.6 is 0 Å². The first-order valence-electron chi connectivity index (χ1n) is 1.99. The van der Waals surface area contributed by atoms with E-state index in [9.17, 15) is 9.90 Å². The first kappa shape index (κ1) is 22.5. The van der Waals surface area contributed by atoms with E-state index in [1.807, 2.05) is 0 Å². The van der Waals surface area contributed by atoms with Crippen LogP contribution in [0, 0.1) is 14.9 Å². The molecule has 0 fully saturated rings. The van der Waals surface area contributed by atoms with Gasteiger partial charge in [0.25, 0.3) is 0 Å². The molecule has 0 aromatic heterocycles. The van der Waals surface area contributed by atoms with E-state index in [1.165, 1.54) is 13.8 Å². The molecule has 0 aliphatic carbocycles. The summed E-state index contributed by atoms with van der Waals surface area (Å²) < 4.78 is 0. The molecule has 10 heavy (non-hydrogen) atoms. The Balaban J connectivity index is -0.0000000600. The zero-order valence-electron chi connectivity index (χ0n) is 6.97. The van der Waals surface area contributed by atoms with Gasteiger partial charge in [-0.3, -0.25) is 4.79 Å². The van der Waals surface area contributed by atoms with Crippen molar-refractivity contribution in [1.29, 1.82) is 0 Å². The van der Waals surface area contributed by atoms with E-state index in [1.54, 1.807) is 0 Å². The third-order valence-electron chi connectivity index (χ3n) is 0.407. The predicted octanol–water partition coefficient (Wildman–Crippen LogP) is 0.359. The van der Waals surface area contributed by atoms with E-state index in [4.69, 9.17) is 0 Å². The molecule has 0 saturated heterocycles. The number of hydrogen-bond acceptors (Lipinski definition) is 2. The van der Waals surface area contributed by atoms with Crippen molar-refractivity contribution in [2.75, 3.05) is 0 Å².